The zero-order chi connectivity index (χ0) is 15.6. The molecule has 2 aromatic heterocycles. The summed E-state index contributed by atoms with van der Waals surface area (Å²) in [5.41, 5.74) is 0.913. The second-order valence-electron chi connectivity index (χ2n) is 4.76. The maximum atomic E-state index is 11.9. The molecule has 2 rings (SSSR count). The molecule has 0 fully saturated rings. The summed E-state index contributed by atoms with van der Waals surface area (Å²) in [6.07, 6.45) is 1.23. The molecule has 2 heterocycles. The van der Waals surface area contributed by atoms with Crippen LogP contribution in [0.4, 0.5) is 0 Å². The van der Waals surface area contributed by atoms with Crippen molar-refractivity contribution in [1.29, 1.82) is 0 Å². The van der Waals surface area contributed by atoms with E-state index in [1.807, 2.05) is 20.8 Å². The highest BCUT2D eigenvalue weighted by molar-refractivity contribution is 7.12. The Balaban J connectivity index is 1.97. The van der Waals surface area contributed by atoms with E-state index in [0.717, 1.165) is 5.56 Å². The highest BCUT2D eigenvalue weighted by Gasteiger charge is 2.15. The van der Waals surface area contributed by atoms with Gasteiger partial charge >= 0.3 is 5.97 Å². The molecule has 1 amide bonds. The molecular weight excluding hydrogens is 292 g/mol. The third-order valence-electron chi connectivity index (χ3n) is 2.99. The van der Waals surface area contributed by atoms with Gasteiger partial charge in [-0.2, -0.15) is 0 Å². The predicted octanol–water partition coefficient (Wildman–Crippen LogP) is 1.53. The molecule has 1 atom stereocenters. The van der Waals surface area contributed by atoms with Crippen LogP contribution in [0.5, 0.6) is 0 Å². The van der Waals surface area contributed by atoms with Gasteiger partial charge in [0, 0.05) is 9.75 Å². The molecule has 0 bridgehead atoms. The number of aromatic nitrogens is 3. The summed E-state index contributed by atoms with van der Waals surface area (Å²) in [6.45, 7) is 5.90. The number of rotatable bonds is 5. The van der Waals surface area contributed by atoms with Gasteiger partial charge in [-0.05, 0) is 32.4 Å². The number of carboxylic acid groups (broad SMARTS) is 1. The Bertz CT molecular complexity index is 677. The van der Waals surface area contributed by atoms with Crippen LogP contribution in [0, 0.1) is 13.8 Å². The lowest BCUT2D eigenvalue weighted by Crippen LogP contribution is -2.30. The highest BCUT2D eigenvalue weighted by atomic mass is 32.1. The molecule has 0 aromatic carbocycles. The van der Waals surface area contributed by atoms with Crippen LogP contribution in [0.2, 0.25) is 0 Å². The number of aromatic carboxylic acids is 1. The van der Waals surface area contributed by atoms with Gasteiger partial charge in [-0.1, -0.05) is 5.21 Å². The van der Waals surface area contributed by atoms with Crippen LogP contribution < -0.4 is 5.32 Å². The molecule has 8 heteroatoms. The molecular formula is C13H16N4O3S. The number of hydrogen-bond donors (Lipinski definition) is 2. The Morgan fingerprint density at radius 1 is 1.48 bits per heavy atom. The average molecular weight is 308 g/mol. The van der Waals surface area contributed by atoms with Crippen LogP contribution in [-0.4, -0.2) is 32.0 Å². The summed E-state index contributed by atoms with van der Waals surface area (Å²) in [4.78, 5) is 25.0. The molecule has 2 N–H and O–H groups in total. The molecule has 1 unspecified atom stereocenters. The number of thiophene rings is 1. The van der Waals surface area contributed by atoms with Gasteiger partial charge in [-0.3, -0.25) is 4.79 Å². The van der Waals surface area contributed by atoms with Crippen LogP contribution in [0.1, 0.15) is 38.8 Å². The first-order valence-electron chi connectivity index (χ1n) is 6.36. The summed E-state index contributed by atoms with van der Waals surface area (Å²) in [5, 5.41) is 18.7. The van der Waals surface area contributed by atoms with Crippen LogP contribution >= 0.6 is 11.3 Å². The Morgan fingerprint density at radius 3 is 2.71 bits per heavy atom. The maximum Gasteiger partial charge on any atom is 0.358 e. The molecule has 0 saturated heterocycles. The minimum Gasteiger partial charge on any atom is -0.476 e. The van der Waals surface area contributed by atoms with Crippen molar-refractivity contribution in [1.82, 2.24) is 20.3 Å². The summed E-state index contributed by atoms with van der Waals surface area (Å²) in [5.74, 6) is -1.41. The minimum absolute atomic E-state index is 0.0627. The standard InChI is InChI=1S/C13H16N4O3S/c1-7-4-10(9(3)21-7)8(2)14-12(18)6-17-5-11(13(19)20)15-16-17/h4-5,8H,6H2,1-3H3,(H,14,18)(H,19,20). The van der Waals surface area contributed by atoms with Gasteiger partial charge in [0.15, 0.2) is 5.69 Å². The first kappa shape index (κ1) is 15.2. The van der Waals surface area contributed by atoms with E-state index in [0.29, 0.717) is 0 Å². The van der Waals surface area contributed by atoms with E-state index in [1.54, 1.807) is 11.3 Å². The van der Waals surface area contributed by atoms with Crippen molar-refractivity contribution in [3.05, 3.63) is 33.3 Å². The van der Waals surface area contributed by atoms with E-state index in [1.165, 1.54) is 20.6 Å². The average Bonchev–Trinajstić information content (AvgIpc) is 2.95. The predicted molar refractivity (Wildman–Crippen MR) is 77.3 cm³/mol. The quantitative estimate of drug-likeness (QED) is 0.873. The maximum absolute atomic E-state index is 11.9. The largest absolute Gasteiger partial charge is 0.476 e. The number of carbonyl (C=O) groups is 2. The normalized spacial score (nSPS) is 12.1. The summed E-state index contributed by atoms with van der Waals surface area (Å²) < 4.78 is 1.21. The molecule has 0 aliphatic carbocycles. The second kappa shape index (κ2) is 6.04. The Hall–Kier alpha value is -2.22. The molecule has 0 radical (unpaired) electrons. The Kier molecular flexibility index (Phi) is 4.37. The number of amides is 1. The van der Waals surface area contributed by atoms with Crippen LogP contribution in [0.3, 0.4) is 0 Å². The third-order valence-corrected chi connectivity index (χ3v) is 3.97. The van der Waals surface area contributed by atoms with Crippen molar-refractivity contribution in [2.24, 2.45) is 0 Å². The van der Waals surface area contributed by atoms with E-state index in [9.17, 15) is 9.59 Å². The van der Waals surface area contributed by atoms with E-state index in [-0.39, 0.29) is 24.2 Å². The van der Waals surface area contributed by atoms with Crippen molar-refractivity contribution >= 4 is 23.2 Å². The number of carbonyl (C=O) groups excluding carboxylic acids is 1. The molecule has 7 nitrogen and oxygen atoms in total. The molecule has 0 aliphatic heterocycles. The van der Waals surface area contributed by atoms with Gasteiger partial charge in [0.1, 0.15) is 6.54 Å². The SMILES string of the molecule is Cc1cc(C(C)NC(=O)Cn2cc(C(=O)O)nn2)c(C)s1. The molecule has 0 spiro atoms. The summed E-state index contributed by atoms with van der Waals surface area (Å²) in [7, 11) is 0. The van der Waals surface area contributed by atoms with E-state index < -0.39 is 5.97 Å². The van der Waals surface area contributed by atoms with Gasteiger partial charge in [-0.15, -0.1) is 16.4 Å². The zero-order valence-electron chi connectivity index (χ0n) is 12.0. The lowest BCUT2D eigenvalue weighted by atomic mass is 10.1. The van der Waals surface area contributed by atoms with Gasteiger partial charge in [-0.25, -0.2) is 9.48 Å². The fourth-order valence-electron chi connectivity index (χ4n) is 2.07. The Morgan fingerprint density at radius 2 is 2.19 bits per heavy atom. The van der Waals surface area contributed by atoms with Crippen molar-refractivity contribution in [2.75, 3.05) is 0 Å². The molecule has 2 aromatic rings. The van der Waals surface area contributed by atoms with Crippen LogP contribution in [0.15, 0.2) is 12.3 Å². The summed E-state index contributed by atoms with van der Waals surface area (Å²) in [6, 6.07) is 1.95. The first-order chi connectivity index (χ1) is 9.86. The number of nitrogens with zero attached hydrogens (tertiary/aromatic N) is 3. The monoisotopic (exact) mass is 308 g/mol. The minimum atomic E-state index is -1.17. The van der Waals surface area contributed by atoms with E-state index in [2.05, 4.69) is 21.7 Å². The topological polar surface area (TPSA) is 97.1 Å². The van der Waals surface area contributed by atoms with Gasteiger partial charge in [0.05, 0.1) is 12.2 Å². The highest BCUT2D eigenvalue weighted by Crippen LogP contribution is 2.25. The fraction of sp³-hybridized carbons (Fsp3) is 0.385. The van der Waals surface area contributed by atoms with E-state index in [4.69, 9.17) is 5.11 Å². The van der Waals surface area contributed by atoms with Crippen molar-refractivity contribution in [3.8, 4) is 0 Å². The fourth-order valence-corrected chi connectivity index (χ4v) is 3.09. The third kappa shape index (κ3) is 3.66. The molecule has 112 valence electrons. The molecule has 0 saturated carbocycles. The second-order valence-corrected chi connectivity index (χ2v) is 6.22. The zero-order valence-corrected chi connectivity index (χ0v) is 12.8. The van der Waals surface area contributed by atoms with Crippen molar-refractivity contribution in [3.63, 3.8) is 0 Å². The lowest BCUT2D eigenvalue weighted by Gasteiger charge is -2.13. The first-order valence-corrected chi connectivity index (χ1v) is 7.18. The van der Waals surface area contributed by atoms with Gasteiger partial charge in [0.2, 0.25) is 5.91 Å². The van der Waals surface area contributed by atoms with Crippen LogP contribution in [-0.2, 0) is 11.3 Å². The molecule has 0 aliphatic rings. The number of carboxylic acids is 1. The number of nitrogens with one attached hydrogen (secondary N) is 1. The van der Waals surface area contributed by atoms with Gasteiger partial charge in [0.25, 0.3) is 0 Å². The van der Waals surface area contributed by atoms with Gasteiger partial charge < -0.3 is 10.4 Å². The van der Waals surface area contributed by atoms with Crippen molar-refractivity contribution in [2.45, 2.75) is 33.4 Å². The van der Waals surface area contributed by atoms with Crippen molar-refractivity contribution < 1.29 is 14.7 Å². The molecule has 21 heavy (non-hydrogen) atoms. The smallest absolute Gasteiger partial charge is 0.358 e. The van der Waals surface area contributed by atoms with Crippen LogP contribution in [0.25, 0.3) is 0 Å². The number of hydrogen-bond acceptors (Lipinski definition) is 5. The summed E-state index contributed by atoms with van der Waals surface area (Å²) >= 11 is 1.69. The lowest BCUT2D eigenvalue weighted by molar-refractivity contribution is -0.122. The Labute approximate surface area is 125 Å². The number of aryl methyl sites for hydroxylation is 2. The van der Waals surface area contributed by atoms with E-state index >= 15 is 0 Å².